The largest absolute Gasteiger partial charge is 0.491 e. The summed E-state index contributed by atoms with van der Waals surface area (Å²) in [5.74, 6) is 0.707. The molecule has 0 saturated carbocycles. The van der Waals surface area contributed by atoms with Gasteiger partial charge in [0.1, 0.15) is 19.0 Å². The number of hydrogen-bond donors (Lipinski definition) is 0. The van der Waals surface area contributed by atoms with Crippen molar-refractivity contribution in [3.63, 3.8) is 0 Å². The van der Waals surface area contributed by atoms with Gasteiger partial charge in [-0.3, -0.25) is 4.79 Å². The molecule has 0 aromatic heterocycles. The van der Waals surface area contributed by atoms with Gasteiger partial charge in [-0.2, -0.15) is 0 Å². The van der Waals surface area contributed by atoms with Crippen LogP contribution < -0.4 is 4.74 Å². The molecule has 0 fully saturated rings. The summed E-state index contributed by atoms with van der Waals surface area (Å²) in [5.41, 5.74) is 0. The minimum Gasteiger partial charge on any atom is -0.491 e. The Morgan fingerprint density at radius 2 is 1.16 bits per heavy atom. The number of esters is 1. The predicted octanol–water partition coefficient (Wildman–Crippen LogP) is 4.04. The van der Waals surface area contributed by atoms with Crippen LogP contribution in [0.25, 0.3) is 0 Å². The van der Waals surface area contributed by atoms with Gasteiger partial charge < -0.3 is 28.4 Å². The number of hydrogen-bond acceptors (Lipinski definition) is 7. The molecule has 0 N–H and O–H groups in total. The Hall–Kier alpha value is -1.67. The lowest BCUT2D eigenvalue weighted by molar-refractivity contribution is -0.145. The third-order valence-corrected chi connectivity index (χ3v) is 4.33. The number of rotatable bonds is 22. The maximum absolute atomic E-state index is 11.5. The Labute approximate surface area is 187 Å². The van der Waals surface area contributed by atoms with E-state index in [1.807, 2.05) is 30.3 Å². The minimum absolute atomic E-state index is 0.138. The molecule has 0 bridgehead atoms. The molecule has 0 atom stereocenters. The molecule has 0 saturated heterocycles. The SMILES string of the molecule is CCCCCCCC(=O)OCCOCCOCCOCCOCCOc1ccccc1. The topological polar surface area (TPSA) is 72.5 Å². The molecular weight excluding hydrogens is 400 g/mol. The summed E-state index contributed by atoms with van der Waals surface area (Å²) in [5, 5.41) is 0. The van der Waals surface area contributed by atoms with Crippen LogP contribution in [-0.2, 0) is 28.5 Å². The van der Waals surface area contributed by atoms with E-state index in [0.717, 1.165) is 18.6 Å². The molecule has 1 aromatic carbocycles. The van der Waals surface area contributed by atoms with Gasteiger partial charge in [-0.1, -0.05) is 50.8 Å². The number of carbonyl (C=O) groups excluding carboxylic acids is 1. The van der Waals surface area contributed by atoms with Gasteiger partial charge in [-0.05, 0) is 18.6 Å². The summed E-state index contributed by atoms with van der Waals surface area (Å²) in [4.78, 5) is 11.5. The van der Waals surface area contributed by atoms with Gasteiger partial charge in [-0.25, -0.2) is 0 Å². The zero-order valence-electron chi connectivity index (χ0n) is 19.1. The van der Waals surface area contributed by atoms with E-state index >= 15 is 0 Å². The van der Waals surface area contributed by atoms with Crippen molar-refractivity contribution in [3.8, 4) is 5.75 Å². The van der Waals surface area contributed by atoms with Gasteiger partial charge in [0.15, 0.2) is 0 Å². The van der Waals surface area contributed by atoms with Gasteiger partial charge in [0.05, 0.1) is 52.9 Å². The zero-order chi connectivity index (χ0) is 22.2. The standard InChI is InChI=1S/C24H40O7/c1-2-3-4-5-9-12-24(25)31-22-20-29-18-16-27-14-13-26-15-17-28-19-21-30-23-10-7-6-8-11-23/h6-8,10-11H,2-5,9,12-22H2,1H3. The minimum atomic E-state index is -0.138. The van der Waals surface area contributed by atoms with E-state index in [2.05, 4.69) is 6.92 Å². The van der Waals surface area contributed by atoms with Crippen molar-refractivity contribution >= 4 is 5.97 Å². The van der Waals surface area contributed by atoms with Crippen LogP contribution >= 0.6 is 0 Å². The molecule has 178 valence electrons. The van der Waals surface area contributed by atoms with Gasteiger partial charge in [0.2, 0.25) is 0 Å². The molecule has 0 aliphatic rings. The smallest absolute Gasteiger partial charge is 0.305 e. The predicted molar refractivity (Wildman–Crippen MR) is 120 cm³/mol. The summed E-state index contributed by atoms with van der Waals surface area (Å²) in [6.45, 7) is 6.95. The fourth-order valence-electron chi connectivity index (χ4n) is 2.66. The van der Waals surface area contributed by atoms with Crippen molar-refractivity contribution in [2.24, 2.45) is 0 Å². The Balaban J connectivity index is 1.71. The lowest BCUT2D eigenvalue weighted by Gasteiger charge is -2.08. The normalized spacial score (nSPS) is 10.9. The van der Waals surface area contributed by atoms with Crippen molar-refractivity contribution in [2.45, 2.75) is 45.4 Å². The third kappa shape index (κ3) is 18.8. The van der Waals surface area contributed by atoms with Crippen LogP contribution in [0.15, 0.2) is 30.3 Å². The highest BCUT2D eigenvalue weighted by atomic mass is 16.6. The van der Waals surface area contributed by atoms with Gasteiger partial charge >= 0.3 is 5.97 Å². The number of para-hydroxylation sites is 1. The molecule has 0 aliphatic heterocycles. The van der Waals surface area contributed by atoms with E-state index in [4.69, 9.17) is 28.4 Å². The van der Waals surface area contributed by atoms with Crippen LogP contribution in [0.2, 0.25) is 0 Å². The maximum atomic E-state index is 11.5. The monoisotopic (exact) mass is 440 g/mol. The van der Waals surface area contributed by atoms with Crippen molar-refractivity contribution in [1.82, 2.24) is 0 Å². The molecule has 0 spiro atoms. The van der Waals surface area contributed by atoms with Crippen LogP contribution in [0.3, 0.4) is 0 Å². The highest BCUT2D eigenvalue weighted by molar-refractivity contribution is 5.69. The Bertz CT molecular complexity index is 510. The summed E-state index contributed by atoms with van der Waals surface area (Å²) in [6, 6.07) is 9.66. The maximum Gasteiger partial charge on any atom is 0.305 e. The molecule has 1 rings (SSSR count). The number of benzene rings is 1. The van der Waals surface area contributed by atoms with E-state index in [1.165, 1.54) is 19.3 Å². The van der Waals surface area contributed by atoms with E-state index in [0.29, 0.717) is 72.5 Å². The van der Waals surface area contributed by atoms with E-state index in [-0.39, 0.29) is 5.97 Å². The highest BCUT2D eigenvalue weighted by Crippen LogP contribution is 2.07. The highest BCUT2D eigenvalue weighted by Gasteiger charge is 2.02. The van der Waals surface area contributed by atoms with E-state index in [1.54, 1.807) is 0 Å². The molecule has 0 radical (unpaired) electrons. The molecule has 7 nitrogen and oxygen atoms in total. The van der Waals surface area contributed by atoms with Gasteiger partial charge in [-0.15, -0.1) is 0 Å². The van der Waals surface area contributed by atoms with Crippen molar-refractivity contribution < 1.29 is 33.2 Å². The summed E-state index contributed by atoms with van der Waals surface area (Å²) >= 11 is 0. The van der Waals surface area contributed by atoms with Crippen LogP contribution in [0.1, 0.15) is 45.4 Å². The van der Waals surface area contributed by atoms with Crippen molar-refractivity contribution in [2.75, 3.05) is 66.1 Å². The number of carbonyl (C=O) groups is 1. The molecule has 0 amide bonds. The van der Waals surface area contributed by atoms with Crippen LogP contribution in [0.5, 0.6) is 5.75 Å². The van der Waals surface area contributed by atoms with Crippen LogP contribution in [0, 0.1) is 0 Å². The molecule has 7 heteroatoms. The first-order valence-electron chi connectivity index (χ1n) is 11.5. The summed E-state index contributed by atoms with van der Waals surface area (Å²) < 4.78 is 32.3. The average molecular weight is 441 g/mol. The molecule has 0 heterocycles. The van der Waals surface area contributed by atoms with E-state index in [9.17, 15) is 4.79 Å². The second-order valence-electron chi connectivity index (χ2n) is 7.00. The second-order valence-corrected chi connectivity index (χ2v) is 7.00. The average Bonchev–Trinajstić information content (AvgIpc) is 2.79. The van der Waals surface area contributed by atoms with E-state index < -0.39 is 0 Å². The third-order valence-electron chi connectivity index (χ3n) is 4.33. The van der Waals surface area contributed by atoms with Gasteiger partial charge in [0, 0.05) is 6.42 Å². The lowest BCUT2D eigenvalue weighted by atomic mass is 10.1. The first-order chi connectivity index (χ1) is 15.3. The lowest BCUT2D eigenvalue weighted by Crippen LogP contribution is -2.15. The Kier molecular flexibility index (Phi) is 19.0. The molecular formula is C24H40O7. The Morgan fingerprint density at radius 1 is 0.645 bits per heavy atom. The molecule has 0 aliphatic carbocycles. The fraction of sp³-hybridized carbons (Fsp3) is 0.708. The Morgan fingerprint density at radius 3 is 1.74 bits per heavy atom. The quantitative estimate of drug-likeness (QED) is 0.199. The second kappa shape index (κ2) is 21.6. The zero-order valence-corrected chi connectivity index (χ0v) is 19.1. The van der Waals surface area contributed by atoms with Gasteiger partial charge in [0.25, 0.3) is 0 Å². The van der Waals surface area contributed by atoms with Crippen LogP contribution in [0.4, 0.5) is 0 Å². The summed E-state index contributed by atoms with van der Waals surface area (Å²) in [7, 11) is 0. The number of unbranched alkanes of at least 4 members (excludes halogenated alkanes) is 4. The molecule has 1 aromatic rings. The molecule has 0 unspecified atom stereocenters. The summed E-state index contributed by atoms with van der Waals surface area (Å²) in [6.07, 6.45) is 6.13. The van der Waals surface area contributed by atoms with Crippen LogP contribution in [-0.4, -0.2) is 72.0 Å². The fourth-order valence-corrected chi connectivity index (χ4v) is 2.66. The first-order valence-corrected chi connectivity index (χ1v) is 11.5. The molecule has 31 heavy (non-hydrogen) atoms. The number of ether oxygens (including phenoxy) is 6. The van der Waals surface area contributed by atoms with Crippen molar-refractivity contribution in [3.05, 3.63) is 30.3 Å². The van der Waals surface area contributed by atoms with Crippen molar-refractivity contribution in [1.29, 1.82) is 0 Å². The first kappa shape index (κ1) is 27.4.